The average molecular weight is 186 g/mol. The molecule has 3 N–H and O–H groups in total. The fourth-order valence-corrected chi connectivity index (χ4v) is 1.35. The first-order valence-corrected chi connectivity index (χ1v) is 4.87. The summed E-state index contributed by atoms with van der Waals surface area (Å²) >= 11 is 0. The Morgan fingerprint density at radius 3 is 2.69 bits per heavy atom. The summed E-state index contributed by atoms with van der Waals surface area (Å²) in [4.78, 5) is 13.4. The molecule has 0 aromatic heterocycles. The number of amides is 1. The summed E-state index contributed by atoms with van der Waals surface area (Å²) in [6.07, 6.45) is 2.78. The molecule has 1 fully saturated rings. The third-order valence-corrected chi connectivity index (χ3v) is 2.37. The van der Waals surface area contributed by atoms with Crippen LogP contribution in [0.15, 0.2) is 0 Å². The van der Waals surface area contributed by atoms with E-state index >= 15 is 0 Å². The fourth-order valence-electron chi connectivity index (χ4n) is 1.35. The molecule has 0 saturated heterocycles. The van der Waals surface area contributed by atoms with Gasteiger partial charge in [-0.05, 0) is 19.3 Å². The predicted molar refractivity (Wildman–Crippen MR) is 50.1 cm³/mol. The average Bonchev–Trinajstić information content (AvgIpc) is 2.95. The van der Waals surface area contributed by atoms with Gasteiger partial charge < -0.3 is 15.7 Å². The molecule has 0 bridgehead atoms. The number of nitrogens with zero attached hydrogens (tertiary/aromatic N) is 1. The molecule has 0 heterocycles. The molecule has 0 aromatic carbocycles. The van der Waals surface area contributed by atoms with Gasteiger partial charge in [0.15, 0.2) is 0 Å². The van der Waals surface area contributed by atoms with Crippen molar-refractivity contribution in [1.82, 2.24) is 4.90 Å². The Morgan fingerprint density at radius 1 is 1.69 bits per heavy atom. The van der Waals surface area contributed by atoms with Gasteiger partial charge in [-0.3, -0.25) is 4.79 Å². The lowest BCUT2D eigenvalue weighted by Crippen LogP contribution is -2.45. The van der Waals surface area contributed by atoms with Gasteiger partial charge in [0.25, 0.3) is 0 Å². The second kappa shape index (κ2) is 4.58. The Kier molecular flexibility index (Phi) is 3.69. The van der Waals surface area contributed by atoms with Gasteiger partial charge in [-0.15, -0.1) is 0 Å². The molecular weight excluding hydrogens is 168 g/mol. The first kappa shape index (κ1) is 10.5. The van der Waals surface area contributed by atoms with Crippen molar-refractivity contribution in [1.29, 1.82) is 0 Å². The highest BCUT2D eigenvalue weighted by Gasteiger charge is 2.33. The summed E-state index contributed by atoms with van der Waals surface area (Å²) in [6.45, 7) is 2.35. The lowest BCUT2D eigenvalue weighted by molar-refractivity contribution is -0.133. The highest BCUT2D eigenvalue weighted by atomic mass is 16.3. The van der Waals surface area contributed by atoms with Crippen LogP contribution in [-0.2, 0) is 4.79 Å². The van der Waals surface area contributed by atoms with E-state index in [9.17, 15) is 4.79 Å². The van der Waals surface area contributed by atoms with E-state index in [1.165, 1.54) is 0 Å². The Labute approximate surface area is 78.7 Å². The van der Waals surface area contributed by atoms with E-state index in [4.69, 9.17) is 10.8 Å². The van der Waals surface area contributed by atoms with Gasteiger partial charge in [0.2, 0.25) is 5.91 Å². The number of hydrogen-bond acceptors (Lipinski definition) is 3. The van der Waals surface area contributed by atoms with Crippen LogP contribution >= 0.6 is 0 Å². The normalized spacial score (nSPS) is 18.4. The number of nitrogens with two attached hydrogens (primary N) is 1. The predicted octanol–water partition coefficient (Wildman–Crippen LogP) is -0.293. The molecular formula is C9H18N2O2. The van der Waals surface area contributed by atoms with E-state index in [0.29, 0.717) is 19.0 Å². The minimum atomic E-state index is -0.396. The fraction of sp³-hybridized carbons (Fsp3) is 0.889. The Hall–Kier alpha value is -0.610. The Morgan fingerprint density at radius 2 is 2.31 bits per heavy atom. The molecule has 76 valence electrons. The monoisotopic (exact) mass is 186 g/mol. The standard InChI is InChI=1S/C9H18N2O2/c1-2-8(10)9(13)11(5-6-12)7-3-4-7/h7-8,12H,2-6,10H2,1H3/t8-/m0/s1. The van der Waals surface area contributed by atoms with Gasteiger partial charge in [0.05, 0.1) is 12.6 Å². The Bertz CT molecular complexity index is 180. The zero-order valence-corrected chi connectivity index (χ0v) is 8.07. The summed E-state index contributed by atoms with van der Waals surface area (Å²) in [5, 5.41) is 8.78. The van der Waals surface area contributed by atoms with Crippen molar-refractivity contribution >= 4 is 5.91 Å². The quantitative estimate of drug-likeness (QED) is 0.620. The molecule has 1 amide bonds. The van der Waals surface area contributed by atoms with Crippen LogP contribution in [0.3, 0.4) is 0 Å². The zero-order chi connectivity index (χ0) is 9.84. The molecule has 1 aliphatic carbocycles. The molecule has 1 aliphatic rings. The number of rotatable bonds is 5. The summed E-state index contributed by atoms with van der Waals surface area (Å²) in [6, 6.07) is -0.0515. The first-order chi connectivity index (χ1) is 6.20. The first-order valence-electron chi connectivity index (χ1n) is 4.87. The van der Waals surface area contributed by atoms with Crippen LogP contribution in [0, 0.1) is 0 Å². The molecule has 0 aliphatic heterocycles. The van der Waals surface area contributed by atoms with Crippen molar-refractivity contribution in [3.63, 3.8) is 0 Å². The summed E-state index contributed by atoms with van der Waals surface area (Å²) in [5.41, 5.74) is 5.64. The summed E-state index contributed by atoms with van der Waals surface area (Å²) in [5.74, 6) is -0.0148. The van der Waals surface area contributed by atoms with Gasteiger partial charge >= 0.3 is 0 Å². The van der Waals surface area contributed by atoms with Crippen molar-refractivity contribution in [3.8, 4) is 0 Å². The molecule has 1 rings (SSSR count). The number of hydrogen-bond donors (Lipinski definition) is 2. The summed E-state index contributed by atoms with van der Waals surface area (Å²) in [7, 11) is 0. The minimum absolute atomic E-state index is 0.0148. The van der Waals surface area contributed by atoms with Gasteiger partial charge in [0.1, 0.15) is 0 Å². The van der Waals surface area contributed by atoms with Gasteiger partial charge in [0, 0.05) is 12.6 Å². The minimum Gasteiger partial charge on any atom is -0.395 e. The second-order valence-electron chi connectivity index (χ2n) is 3.50. The molecule has 4 nitrogen and oxygen atoms in total. The molecule has 0 unspecified atom stereocenters. The molecule has 1 atom stereocenters. The largest absolute Gasteiger partial charge is 0.395 e. The molecule has 0 radical (unpaired) electrons. The van der Waals surface area contributed by atoms with E-state index < -0.39 is 6.04 Å². The maximum Gasteiger partial charge on any atom is 0.239 e. The van der Waals surface area contributed by atoms with Crippen molar-refractivity contribution in [2.45, 2.75) is 38.3 Å². The highest BCUT2D eigenvalue weighted by Crippen LogP contribution is 2.26. The van der Waals surface area contributed by atoms with Crippen LogP contribution in [0.5, 0.6) is 0 Å². The van der Waals surface area contributed by atoms with E-state index in [2.05, 4.69) is 0 Å². The van der Waals surface area contributed by atoms with Crippen LogP contribution in [0.25, 0.3) is 0 Å². The third kappa shape index (κ3) is 2.67. The van der Waals surface area contributed by atoms with Crippen molar-refractivity contribution in [2.75, 3.05) is 13.2 Å². The molecule has 13 heavy (non-hydrogen) atoms. The third-order valence-electron chi connectivity index (χ3n) is 2.37. The van der Waals surface area contributed by atoms with E-state index in [-0.39, 0.29) is 12.5 Å². The van der Waals surface area contributed by atoms with E-state index in [1.54, 1.807) is 4.90 Å². The van der Waals surface area contributed by atoms with Crippen LogP contribution in [0.2, 0.25) is 0 Å². The number of carbonyl (C=O) groups excluding carboxylic acids is 1. The van der Waals surface area contributed by atoms with Crippen LogP contribution in [0.4, 0.5) is 0 Å². The maximum atomic E-state index is 11.6. The van der Waals surface area contributed by atoms with E-state index in [0.717, 1.165) is 12.8 Å². The van der Waals surface area contributed by atoms with Crippen LogP contribution in [-0.4, -0.2) is 41.1 Å². The molecule has 1 saturated carbocycles. The lowest BCUT2D eigenvalue weighted by atomic mass is 10.2. The topological polar surface area (TPSA) is 66.6 Å². The second-order valence-corrected chi connectivity index (χ2v) is 3.50. The van der Waals surface area contributed by atoms with Crippen LogP contribution in [0.1, 0.15) is 26.2 Å². The Balaban J connectivity index is 2.47. The van der Waals surface area contributed by atoms with Gasteiger partial charge in [-0.1, -0.05) is 6.92 Å². The molecule has 4 heteroatoms. The van der Waals surface area contributed by atoms with Crippen molar-refractivity contribution in [2.24, 2.45) is 5.73 Å². The van der Waals surface area contributed by atoms with Gasteiger partial charge in [-0.25, -0.2) is 0 Å². The number of aliphatic hydroxyl groups is 1. The maximum absolute atomic E-state index is 11.6. The number of carbonyl (C=O) groups is 1. The van der Waals surface area contributed by atoms with Gasteiger partial charge in [-0.2, -0.15) is 0 Å². The van der Waals surface area contributed by atoms with E-state index in [1.807, 2.05) is 6.92 Å². The molecule has 0 aromatic rings. The zero-order valence-electron chi connectivity index (χ0n) is 8.07. The molecule has 0 spiro atoms. The SMILES string of the molecule is CC[C@H](N)C(=O)N(CCO)C1CC1. The smallest absolute Gasteiger partial charge is 0.239 e. The lowest BCUT2D eigenvalue weighted by Gasteiger charge is -2.24. The van der Waals surface area contributed by atoms with Crippen LogP contribution < -0.4 is 5.73 Å². The van der Waals surface area contributed by atoms with Crippen molar-refractivity contribution in [3.05, 3.63) is 0 Å². The summed E-state index contributed by atoms with van der Waals surface area (Å²) < 4.78 is 0. The highest BCUT2D eigenvalue weighted by molar-refractivity contribution is 5.82. The van der Waals surface area contributed by atoms with Crippen molar-refractivity contribution < 1.29 is 9.90 Å². The number of aliphatic hydroxyl groups excluding tert-OH is 1.